The first-order chi connectivity index (χ1) is 12.8. The van der Waals surface area contributed by atoms with Gasteiger partial charge in [0.15, 0.2) is 0 Å². The summed E-state index contributed by atoms with van der Waals surface area (Å²) < 4.78 is 9.57. The summed E-state index contributed by atoms with van der Waals surface area (Å²) in [5.41, 5.74) is 2.33. The van der Waals surface area contributed by atoms with Crippen molar-refractivity contribution in [2.24, 2.45) is 0 Å². The lowest BCUT2D eigenvalue weighted by molar-refractivity contribution is 0.00401. The number of nitrogens with zero attached hydrogens (tertiary/aromatic N) is 3. The van der Waals surface area contributed by atoms with Gasteiger partial charge < -0.3 is 14.6 Å². The highest BCUT2D eigenvalue weighted by Crippen LogP contribution is 2.16. The molecule has 1 amide bonds. The molecule has 3 heterocycles. The molecule has 6 nitrogen and oxygen atoms in total. The zero-order valence-electron chi connectivity index (χ0n) is 14.5. The highest BCUT2D eigenvalue weighted by molar-refractivity contribution is 6.04. The second-order valence-electron chi connectivity index (χ2n) is 6.53. The summed E-state index contributed by atoms with van der Waals surface area (Å²) in [6.45, 7) is 1.55. The lowest BCUT2D eigenvalue weighted by atomic mass is 10.1. The maximum atomic E-state index is 12.4. The summed E-state index contributed by atoms with van der Waals surface area (Å²) in [6, 6.07) is 11.4. The normalized spacial score (nSPS) is 17.2. The minimum Gasteiger partial charge on any atom is -0.376 e. The molecule has 3 aromatic rings. The van der Waals surface area contributed by atoms with Gasteiger partial charge in [0, 0.05) is 36.4 Å². The Kier molecular flexibility index (Phi) is 4.84. The first-order valence-electron chi connectivity index (χ1n) is 8.97. The van der Waals surface area contributed by atoms with Crippen LogP contribution in [0.1, 0.15) is 29.6 Å². The Morgan fingerprint density at radius 1 is 1.19 bits per heavy atom. The molecule has 1 atom stereocenters. The van der Waals surface area contributed by atoms with Crippen LogP contribution < -0.4 is 5.32 Å². The summed E-state index contributed by atoms with van der Waals surface area (Å²) in [5, 5.41) is 7.22. The third-order valence-electron chi connectivity index (χ3n) is 4.59. The van der Waals surface area contributed by atoms with Crippen molar-refractivity contribution in [2.45, 2.75) is 31.9 Å². The fraction of sp³-hybridized carbons (Fsp3) is 0.300. The van der Waals surface area contributed by atoms with E-state index in [2.05, 4.69) is 10.4 Å². The predicted molar refractivity (Wildman–Crippen MR) is 99.5 cm³/mol. The molecule has 0 spiro atoms. The average molecular weight is 350 g/mol. The number of anilines is 1. The molecular weight excluding hydrogens is 328 g/mol. The minimum absolute atomic E-state index is 0.141. The SMILES string of the molecule is O=C(Nc1cnn(C[C@@H]2CCCCO2)c1)c1ccc(-n2cccc2)cc1. The topological polar surface area (TPSA) is 61.1 Å². The third-order valence-corrected chi connectivity index (χ3v) is 4.59. The van der Waals surface area contributed by atoms with Crippen molar-refractivity contribution < 1.29 is 9.53 Å². The fourth-order valence-electron chi connectivity index (χ4n) is 3.18. The fourth-order valence-corrected chi connectivity index (χ4v) is 3.18. The van der Waals surface area contributed by atoms with Gasteiger partial charge in [-0.3, -0.25) is 9.48 Å². The number of benzene rings is 1. The van der Waals surface area contributed by atoms with Crippen molar-refractivity contribution in [3.8, 4) is 5.69 Å². The van der Waals surface area contributed by atoms with Gasteiger partial charge in [-0.2, -0.15) is 5.10 Å². The molecule has 1 aliphatic rings. The molecule has 1 saturated heterocycles. The molecule has 0 saturated carbocycles. The van der Waals surface area contributed by atoms with Crippen LogP contribution in [0.25, 0.3) is 5.69 Å². The van der Waals surface area contributed by atoms with Crippen molar-refractivity contribution in [1.29, 1.82) is 0 Å². The van der Waals surface area contributed by atoms with Gasteiger partial charge in [-0.25, -0.2) is 0 Å². The molecule has 0 radical (unpaired) electrons. The number of amides is 1. The number of ether oxygens (including phenoxy) is 1. The number of carbonyl (C=O) groups is 1. The molecular formula is C20H22N4O2. The highest BCUT2D eigenvalue weighted by Gasteiger charge is 2.15. The summed E-state index contributed by atoms with van der Waals surface area (Å²) in [5.74, 6) is -0.141. The van der Waals surface area contributed by atoms with Gasteiger partial charge in [-0.15, -0.1) is 0 Å². The van der Waals surface area contributed by atoms with Crippen molar-refractivity contribution in [3.63, 3.8) is 0 Å². The number of aromatic nitrogens is 3. The van der Waals surface area contributed by atoms with E-state index >= 15 is 0 Å². The molecule has 1 fully saturated rings. The number of nitrogens with one attached hydrogen (secondary N) is 1. The van der Waals surface area contributed by atoms with E-state index in [1.807, 2.05) is 64.2 Å². The molecule has 134 valence electrons. The maximum absolute atomic E-state index is 12.4. The van der Waals surface area contributed by atoms with E-state index in [1.54, 1.807) is 6.20 Å². The molecule has 1 aromatic carbocycles. The average Bonchev–Trinajstić information content (AvgIpc) is 3.35. The number of rotatable bonds is 5. The van der Waals surface area contributed by atoms with Gasteiger partial charge in [0.05, 0.1) is 24.5 Å². The molecule has 0 bridgehead atoms. The summed E-state index contributed by atoms with van der Waals surface area (Å²) >= 11 is 0. The summed E-state index contributed by atoms with van der Waals surface area (Å²) in [7, 11) is 0. The van der Waals surface area contributed by atoms with Crippen LogP contribution in [0.15, 0.2) is 61.2 Å². The smallest absolute Gasteiger partial charge is 0.255 e. The second kappa shape index (κ2) is 7.58. The van der Waals surface area contributed by atoms with Gasteiger partial charge in [-0.1, -0.05) is 0 Å². The van der Waals surface area contributed by atoms with Gasteiger partial charge in [0.1, 0.15) is 0 Å². The maximum Gasteiger partial charge on any atom is 0.255 e. The van der Waals surface area contributed by atoms with E-state index in [0.29, 0.717) is 11.3 Å². The predicted octanol–water partition coefficient (Wildman–Crippen LogP) is 3.50. The monoisotopic (exact) mass is 350 g/mol. The van der Waals surface area contributed by atoms with E-state index in [1.165, 1.54) is 6.42 Å². The molecule has 0 aliphatic carbocycles. The summed E-state index contributed by atoms with van der Waals surface area (Å²) in [6.07, 6.45) is 11.1. The molecule has 2 aromatic heterocycles. The third kappa shape index (κ3) is 3.86. The first kappa shape index (κ1) is 16.6. The minimum atomic E-state index is -0.141. The van der Waals surface area contributed by atoms with Gasteiger partial charge in [0.25, 0.3) is 5.91 Å². The summed E-state index contributed by atoms with van der Waals surface area (Å²) in [4.78, 5) is 12.4. The van der Waals surface area contributed by atoms with Crippen molar-refractivity contribution in [1.82, 2.24) is 14.3 Å². The van der Waals surface area contributed by atoms with Crippen LogP contribution in [0.4, 0.5) is 5.69 Å². The lowest BCUT2D eigenvalue weighted by Crippen LogP contribution is -2.24. The van der Waals surface area contributed by atoms with Gasteiger partial charge in [0.2, 0.25) is 0 Å². The molecule has 6 heteroatoms. The molecule has 26 heavy (non-hydrogen) atoms. The Hall–Kier alpha value is -2.86. The van der Waals surface area contributed by atoms with E-state index < -0.39 is 0 Å². The van der Waals surface area contributed by atoms with Crippen LogP contribution >= 0.6 is 0 Å². The van der Waals surface area contributed by atoms with Crippen molar-refractivity contribution >= 4 is 11.6 Å². The van der Waals surface area contributed by atoms with Gasteiger partial charge >= 0.3 is 0 Å². The van der Waals surface area contributed by atoms with Crippen LogP contribution in [0, 0.1) is 0 Å². The standard InChI is InChI=1S/C20H22N4O2/c25-20(16-6-8-18(9-7-16)23-10-2-3-11-23)22-17-13-21-24(14-17)15-19-5-1-4-12-26-19/h2-3,6-11,13-14,19H,1,4-5,12,15H2,(H,22,25)/t19-/m0/s1. The quantitative estimate of drug-likeness (QED) is 0.766. The van der Waals surface area contributed by atoms with E-state index in [9.17, 15) is 4.79 Å². The van der Waals surface area contributed by atoms with E-state index in [4.69, 9.17) is 4.74 Å². The first-order valence-corrected chi connectivity index (χ1v) is 8.97. The zero-order chi connectivity index (χ0) is 17.8. The van der Waals surface area contributed by atoms with Crippen LogP contribution in [0.5, 0.6) is 0 Å². The Balaban J connectivity index is 1.37. The van der Waals surface area contributed by atoms with Crippen molar-refractivity contribution in [3.05, 3.63) is 66.7 Å². The second-order valence-corrected chi connectivity index (χ2v) is 6.53. The number of hydrogen-bond acceptors (Lipinski definition) is 3. The van der Waals surface area contributed by atoms with Crippen LogP contribution in [-0.4, -0.2) is 33.0 Å². The van der Waals surface area contributed by atoms with Crippen molar-refractivity contribution in [2.75, 3.05) is 11.9 Å². The van der Waals surface area contributed by atoms with Crippen LogP contribution in [-0.2, 0) is 11.3 Å². The van der Waals surface area contributed by atoms with Gasteiger partial charge in [-0.05, 0) is 55.7 Å². The number of hydrogen-bond donors (Lipinski definition) is 1. The Bertz CT molecular complexity index is 846. The van der Waals surface area contributed by atoms with E-state index in [-0.39, 0.29) is 12.0 Å². The van der Waals surface area contributed by atoms with Crippen LogP contribution in [0.2, 0.25) is 0 Å². The Morgan fingerprint density at radius 2 is 2.00 bits per heavy atom. The van der Waals surface area contributed by atoms with E-state index in [0.717, 1.165) is 31.7 Å². The zero-order valence-corrected chi connectivity index (χ0v) is 14.5. The molecule has 1 N–H and O–H groups in total. The largest absolute Gasteiger partial charge is 0.376 e. The molecule has 1 aliphatic heterocycles. The Morgan fingerprint density at radius 3 is 2.73 bits per heavy atom. The molecule has 0 unspecified atom stereocenters. The lowest BCUT2D eigenvalue weighted by Gasteiger charge is -2.22. The highest BCUT2D eigenvalue weighted by atomic mass is 16.5. The van der Waals surface area contributed by atoms with Crippen LogP contribution in [0.3, 0.4) is 0 Å². The molecule has 4 rings (SSSR count). The Labute approximate surface area is 152 Å². The number of carbonyl (C=O) groups excluding carboxylic acids is 1.